The van der Waals surface area contributed by atoms with Crippen molar-refractivity contribution in [1.29, 1.82) is 0 Å². The first-order valence-corrected chi connectivity index (χ1v) is 6.01. The van der Waals surface area contributed by atoms with Gasteiger partial charge in [-0.3, -0.25) is 4.98 Å². The monoisotopic (exact) mass is 246 g/mol. The van der Waals surface area contributed by atoms with E-state index in [9.17, 15) is 0 Å². The molecule has 0 unspecified atom stereocenters. The molecular formula is C14H15ClN2. The molecule has 0 aliphatic carbocycles. The van der Waals surface area contributed by atoms with Crippen LogP contribution >= 0.6 is 11.6 Å². The van der Waals surface area contributed by atoms with Gasteiger partial charge in [0.05, 0.1) is 0 Å². The Bertz CT molecular complexity index is 471. The number of halogens is 1. The van der Waals surface area contributed by atoms with Crippen molar-refractivity contribution in [2.24, 2.45) is 0 Å². The van der Waals surface area contributed by atoms with Crippen molar-refractivity contribution in [3.05, 3.63) is 64.9 Å². The highest BCUT2D eigenvalue weighted by molar-refractivity contribution is 6.30. The molecule has 0 saturated carbocycles. The average molecular weight is 247 g/mol. The summed E-state index contributed by atoms with van der Waals surface area (Å²) in [6.45, 7) is 2.96. The van der Waals surface area contributed by atoms with E-state index >= 15 is 0 Å². The molecule has 2 aromatic rings. The molecule has 0 aliphatic rings. The summed E-state index contributed by atoms with van der Waals surface area (Å²) in [6, 6.07) is 12.2. The van der Waals surface area contributed by atoms with E-state index in [0.717, 1.165) is 11.6 Å². The van der Waals surface area contributed by atoms with E-state index in [-0.39, 0.29) is 6.04 Å². The Morgan fingerprint density at radius 3 is 2.71 bits per heavy atom. The van der Waals surface area contributed by atoms with Crippen molar-refractivity contribution in [3.8, 4) is 0 Å². The van der Waals surface area contributed by atoms with E-state index in [2.05, 4.69) is 23.3 Å². The van der Waals surface area contributed by atoms with Crippen LogP contribution in [0.4, 0.5) is 0 Å². The van der Waals surface area contributed by atoms with Crippen molar-refractivity contribution in [1.82, 2.24) is 10.3 Å². The first kappa shape index (κ1) is 12.1. The van der Waals surface area contributed by atoms with Gasteiger partial charge < -0.3 is 5.32 Å². The standard InChI is InChI=1S/C14H15ClN2/c1-11(13-3-2-4-14(15)9-13)17-10-12-5-7-16-8-6-12/h2-9,11,17H,10H2,1H3/t11-/m1/s1. The maximum Gasteiger partial charge on any atom is 0.0409 e. The van der Waals surface area contributed by atoms with Crippen molar-refractivity contribution in [2.45, 2.75) is 19.5 Å². The lowest BCUT2D eigenvalue weighted by molar-refractivity contribution is 0.574. The van der Waals surface area contributed by atoms with Gasteiger partial charge in [0, 0.05) is 30.0 Å². The van der Waals surface area contributed by atoms with Crippen LogP contribution in [0.1, 0.15) is 24.1 Å². The van der Waals surface area contributed by atoms with Crippen LogP contribution in [0, 0.1) is 0 Å². The fourth-order valence-corrected chi connectivity index (χ4v) is 1.86. The SMILES string of the molecule is C[C@@H](NCc1ccncc1)c1cccc(Cl)c1. The topological polar surface area (TPSA) is 24.9 Å². The molecule has 1 heterocycles. The van der Waals surface area contributed by atoms with Gasteiger partial charge in [0.1, 0.15) is 0 Å². The third kappa shape index (κ3) is 3.55. The summed E-state index contributed by atoms with van der Waals surface area (Å²) in [5, 5.41) is 4.23. The van der Waals surface area contributed by atoms with E-state index in [0.29, 0.717) is 0 Å². The Kier molecular flexibility index (Phi) is 4.13. The van der Waals surface area contributed by atoms with E-state index in [1.54, 1.807) is 12.4 Å². The molecule has 0 saturated heterocycles. The second-order valence-electron chi connectivity index (χ2n) is 4.01. The normalized spacial score (nSPS) is 12.4. The van der Waals surface area contributed by atoms with E-state index in [1.165, 1.54) is 11.1 Å². The van der Waals surface area contributed by atoms with Gasteiger partial charge in [-0.05, 0) is 42.3 Å². The first-order chi connectivity index (χ1) is 8.25. The molecule has 0 bridgehead atoms. The highest BCUT2D eigenvalue weighted by Crippen LogP contribution is 2.17. The van der Waals surface area contributed by atoms with Crippen LogP contribution in [-0.4, -0.2) is 4.98 Å². The Labute approximate surface area is 107 Å². The number of benzene rings is 1. The molecule has 1 atom stereocenters. The predicted molar refractivity (Wildman–Crippen MR) is 70.9 cm³/mol. The summed E-state index contributed by atoms with van der Waals surface area (Å²) in [5.74, 6) is 0. The second kappa shape index (κ2) is 5.80. The van der Waals surface area contributed by atoms with Gasteiger partial charge in [-0.15, -0.1) is 0 Å². The summed E-state index contributed by atoms with van der Waals surface area (Å²) < 4.78 is 0. The summed E-state index contributed by atoms with van der Waals surface area (Å²) in [5.41, 5.74) is 2.43. The van der Waals surface area contributed by atoms with E-state index < -0.39 is 0 Å². The molecule has 1 aromatic carbocycles. The Morgan fingerprint density at radius 2 is 2.00 bits per heavy atom. The average Bonchev–Trinajstić information content (AvgIpc) is 2.37. The van der Waals surface area contributed by atoms with Crippen molar-refractivity contribution in [2.75, 3.05) is 0 Å². The van der Waals surface area contributed by atoms with Gasteiger partial charge in [-0.2, -0.15) is 0 Å². The molecule has 3 heteroatoms. The lowest BCUT2D eigenvalue weighted by Crippen LogP contribution is -2.17. The zero-order chi connectivity index (χ0) is 12.1. The van der Waals surface area contributed by atoms with E-state index in [1.807, 2.05) is 30.3 Å². The summed E-state index contributed by atoms with van der Waals surface area (Å²) >= 11 is 5.97. The minimum Gasteiger partial charge on any atom is -0.306 e. The molecule has 88 valence electrons. The number of nitrogens with one attached hydrogen (secondary N) is 1. The van der Waals surface area contributed by atoms with E-state index in [4.69, 9.17) is 11.6 Å². The number of aromatic nitrogens is 1. The molecule has 0 radical (unpaired) electrons. The van der Waals surface area contributed by atoms with Crippen LogP contribution in [0.3, 0.4) is 0 Å². The highest BCUT2D eigenvalue weighted by atomic mass is 35.5. The van der Waals surface area contributed by atoms with Gasteiger partial charge in [0.25, 0.3) is 0 Å². The van der Waals surface area contributed by atoms with Crippen LogP contribution in [-0.2, 0) is 6.54 Å². The van der Waals surface area contributed by atoms with Gasteiger partial charge >= 0.3 is 0 Å². The quantitative estimate of drug-likeness (QED) is 0.892. The van der Waals surface area contributed by atoms with Gasteiger partial charge in [-0.25, -0.2) is 0 Å². The largest absolute Gasteiger partial charge is 0.306 e. The minimum atomic E-state index is 0.280. The lowest BCUT2D eigenvalue weighted by atomic mass is 10.1. The molecule has 1 aromatic heterocycles. The summed E-state index contributed by atoms with van der Waals surface area (Å²) in [4.78, 5) is 4.00. The number of pyridine rings is 1. The van der Waals surface area contributed by atoms with Crippen LogP contribution in [0.25, 0.3) is 0 Å². The molecule has 2 rings (SSSR count). The second-order valence-corrected chi connectivity index (χ2v) is 4.45. The van der Waals surface area contributed by atoms with Gasteiger partial charge in [0.15, 0.2) is 0 Å². The fourth-order valence-electron chi connectivity index (χ4n) is 1.67. The van der Waals surface area contributed by atoms with Crippen LogP contribution in [0.5, 0.6) is 0 Å². The number of hydrogen-bond donors (Lipinski definition) is 1. The zero-order valence-electron chi connectivity index (χ0n) is 9.73. The smallest absolute Gasteiger partial charge is 0.0409 e. The maximum absolute atomic E-state index is 5.97. The fraction of sp³-hybridized carbons (Fsp3) is 0.214. The molecule has 1 N–H and O–H groups in total. The first-order valence-electron chi connectivity index (χ1n) is 5.63. The molecule has 0 fully saturated rings. The number of nitrogens with zero attached hydrogens (tertiary/aromatic N) is 1. The predicted octanol–water partition coefficient (Wildman–Crippen LogP) is 3.59. The minimum absolute atomic E-state index is 0.280. The third-order valence-electron chi connectivity index (χ3n) is 2.71. The zero-order valence-corrected chi connectivity index (χ0v) is 10.5. The highest BCUT2D eigenvalue weighted by Gasteiger charge is 2.04. The Balaban J connectivity index is 1.96. The maximum atomic E-state index is 5.97. The molecule has 0 amide bonds. The lowest BCUT2D eigenvalue weighted by Gasteiger charge is -2.14. The Morgan fingerprint density at radius 1 is 1.24 bits per heavy atom. The summed E-state index contributed by atoms with van der Waals surface area (Å²) in [6.07, 6.45) is 3.61. The van der Waals surface area contributed by atoms with Crippen LogP contribution in [0.2, 0.25) is 5.02 Å². The molecular weight excluding hydrogens is 232 g/mol. The van der Waals surface area contributed by atoms with Crippen molar-refractivity contribution >= 4 is 11.6 Å². The molecule has 2 nitrogen and oxygen atoms in total. The van der Waals surface area contributed by atoms with Gasteiger partial charge in [-0.1, -0.05) is 23.7 Å². The van der Waals surface area contributed by atoms with Crippen LogP contribution < -0.4 is 5.32 Å². The summed E-state index contributed by atoms with van der Waals surface area (Å²) in [7, 11) is 0. The molecule has 0 aliphatic heterocycles. The number of rotatable bonds is 4. The molecule has 0 spiro atoms. The van der Waals surface area contributed by atoms with Crippen molar-refractivity contribution in [3.63, 3.8) is 0 Å². The number of hydrogen-bond acceptors (Lipinski definition) is 2. The Hall–Kier alpha value is -1.38. The molecule has 17 heavy (non-hydrogen) atoms. The van der Waals surface area contributed by atoms with Gasteiger partial charge in [0.2, 0.25) is 0 Å². The van der Waals surface area contributed by atoms with Crippen molar-refractivity contribution < 1.29 is 0 Å². The third-order valence-corrected chi connectivity index (χ3v) is 2.95. The van der Waals surface area contributed by atoms with Crippen LogP contribution in [0.15, 0.2) is 48.8 Å².